The Morgan fingerprint density at radius 1 is 1.54 bits per heavy atom. The van der Waals surface area contributed by atoms with Gasteiger partial charge in [-0.25, -0.2) is 0 Å². The van der Waals surface area contributed by atoms with Gasteiger partial charge in [0.25, 0.3) is 10.1 Å². The molecule has 6 nitrogen and oxygen atoms in total. The highest BCUT2D eigenvalue weighted by molar-refractivity contribution is 7.87. The topological polar surface area (TPSA) is 127 Å². The molecule has 13 heavy (non-hydrogen) atoms. The fourth-order valence-electron chi connectivity index (χ4n) is 0.907. The molecule has 0 bridgehead atoms. The van der Waals surface area contributed by atoms with E-state index in [0.29, 0.717) is 0 Å². The Bertz CT molecular complexity index is 372. The third kappa shape index (κ3) is 1.73. The van der Waals surface area contributed by atoms with Crippen molar-refractivity contribution < 1.29 is 18.1 Å². The Morgan fingerprint density at radius 2 is 2.08 bits per heavy atom. The smallest absolute Gasteiger partial charge is 0.291 e. The fraction of sp³-hybridized carbons (Fsp3) is 0.333. The molecule has 0 aromatic heterocycles. The zero-order valence-electron chi connectivity index (χ0n) is 6.58. The normalized spacial score (nSPS) is 34.4. The number of aliphatic hydroxyl groups is 1. The van der Waals surface area contributed by atoms with Crippen molar-refractivity contribution in [2.75, 3.05) is 0 Å². The lowest BCUT2D eigenvalue weighted by Gasteiger charge is -2.24. The highest BCUT2D eigenvalue weighted by Gasteiger charge is 2.37. The van der Waals surface area contributed by atoms with Crippen molar-refractivity contribution in [1.29, 1.82) is 0 Å². The minimum atomic E-state index is -4.46. The monoisotopic (exact) mass is 206 g/mol. The lowest BCUT2D eigenvalue weighted by atomic mass is 10.1. The van der Waals surface area contributed by atoms with Crippen molar-refractivity contribution in [1.82, 2.24) is 0 Å². The van der Waals surface area contributed by atoms with Gasteiger partial charge in [-0.2, -0.15) is 8.42 Å². The molecule has 0 spiro atoms. The standard InChI is InChI=1S/C6H10N2O4S/c7-4-3-6(8,13(10,11)12)2-1-5(4)9/h1-3,5,9H,7-8H2,(H,10,11,12). The molecular formula is C6H10N2O4S. The first-order valence-corrected chi connectivity index (χ1v) is 4.82. The van der Waals surface area contributed by atoms with E-state index in [-0.39, 0.29) is 5.70 Å². The quantitative estimate of drug-likeness (QED) is 0.299. The van der Waals surface area contributed by atoms with Crippen LogP contribution in [0.1, 0.15) is 0 Å². The van der Waals surface area contributed by atoms with E-state index < -0.39 is 21.1 Å². The first kappa shape index (κ1) is 10.2. The van der Waals surface area contributed by atoms with E-state index in [4.69, 9.17) is 21.1 Å². The summed E-state index contributed by atoms with van der Waals surface area (Å²) in [6.07, 6.45) is 1.91. The van der Waals surface area contributed by atoms with Gasteiger partial charge >= 0.3 is 0 Å². The number of aliphatic hydroxyl groups excluding tert-OH is 1. The van der Waals surface area contributed by atoms with Gasteiger partial charge in [0.15, 0.2) is 4.87 Å². The predicted molar refractivity (Wildman–Crippen MR) is 45.9 cm³/mol. The summed E-state index contributed by atoms with van der Waals surface area (Å²) in [5, 5.41) is 9.06. The minimum Gasteiger partial charge on any atom is -0.400 e. The molecule has 0 fully saturated rings. The van der Waals surface area contributed by atoms with Gasteiger partial charge in [0.2, 0.25) is 0 Å². The van der Waals surface area contributed by atoms with E-state index in [9.17, 15) is 8.42 Å². The molecule has 0 amide bonds. The molecule has 0 aromatic rings. The van der Waals surface area contributed by atoms with Crippen molar-refractivity contribution >= 4 is 10.1 Å². The van der Waals surface area contributed by atoms with Crippen LogP contribution in [0.4, 0.5) is 0 Å². The van der Waals surface area contributed by atoms with E-state index in [1.807, 2.05) is 0 Å². The van der Waals surface area contributed by atoms with Gasteiger partial charge in [0.05, 0.1) is 0 Å². The number of hydrogen-bond acceptors (Lipinski definition) is 5. The lowest BCUT2D eigenvalue weighted by molar-refractivity contribution is 0.253. The third-order valence-electron chi connectivity index (χ3n) is 1.72. The second-order valence-corrected chi connectivity index (χ2v) is 4.43. The van der Waals surface area contributed by atoms with Gasteiger partial charge in [0.1, 0.15) is 6.10 Å². The third-order valence-corrected chi connectivity index (χ3v) is 2.87. The SMILES string of the molecule is NC1=CC(N)(S(=O)(=O)O)C=CC1O. The zero-order chi connectivity index (χ0) is 10.3. The molecule has 1 aliphatic carbocycles. The van der Waals surface area contributed by atoms with Crippen molar-refractivity contribution in [3.63, 3.8) is 0 Å². The summed E-state index contributed by atoms with van der Waals surface area (Å²) in [6, 6.07) is 0. The van der Waals surface area contributed by atoms with Crippen LogP contribution in [-0.4, -0.2) is 29.1 Å². The van der Waals surface area contributed by atoms with Gasteiger partial charge in [0, 0.05) is 5.70 Å². The summed E-state index contributed by atoms with van der Waals surface area (Å²) in [7, 11) is -4.46. The first-order valence-electron chi connectivity index (χ1n) is 3.38. The average Bonchev–Trinajstić information content (AvgIpc) is 1.95. The summed E-state index contributed by atoms with van der Waals surface area (Å²) in [5.74, 6) is 0. The largest absolute Gasteiger partial charge is 0.400 e. The Morgan fingerprint density at radius 3 is 2.46 bits per heavy atom. The molecule has 1 aliphatic rings. The summed E-state index contributed by atoms with van der Waals surface area (Å²) >= 11 is 0. The maximum absolute atomic E-state index is 10.8. The van der Waals surface area contributed by atoms with Crippen molar-refractivity contribution in [2.24, 2.45) is 11.5 Å². The first-order chi connectivity index (χ1) is 5.76. The van der Waals surface area contributed by atoms with Crippen LogP contribution in [0, 0.1) is 0 Å². The maximum Gasteiger partial charge on any atom is 0.291 e. The van der Waals surface area contributed by atoms with E-state index in [1.165, 1.54) is 0 Å². The van der Waals surface area contributed by atoms with Crippen LogP contribution in [0.25, 0.3) is 0 Å². The van der Waals surface area contributed by atoms with E-state index >= 15 is 0 Å². The van der Waals surface area contributed by atoms with Gasteiger partial charge in [-0.1, -0.05) is 6.08 Å². The van der Waals surface area contributed by atoms with Crippen LogP contribution in [0.5, 0.6) is 0 Å². The molecule has 0 saturated carbocycles. The molecule has 0 heterocycles. The van der Waals surface area contributed by atoms with Crippen LogP contribution < -0.4 is 11.5 Å². The Hall–Kier alpha value is -0.890. The number of hydrogen-bond donors (Lipinski definition) is 4. The molecule has 7 heteroatoms. The summed E-state index contributed by atoms with van der Waals surface area (Å²) < 4.78 is 30.2. The molecule has 0 saturated heterocycles. The zero-order valence-corrected chi connectivity index (χ0v) is 7.40. The Balaban J connectivity index is 3.18. The molecule has 2 atom stereocenters. The van der Waals surface area contributed by atoms with Crippen LogP contribution in [-0.2, 0) is 10.1 Å². The minimum absolute atomic E-state index is 0.109. The van der Waals surface area contributed by atoms with E-state index in [1.54, 1.807) is 0 Å². The number of rotatable bonds is 1. The highest BCUT2D eigenvalue weighted by Crippen LogP contribution is 2.20. The van der Waals surface area contributed by atoms with Gasteiger partial charge in [-0.15, -0.1) is 0 Å². The van der Waals surface area contributed by atoms with Crippen molar-refractivity contribution in [2.45, 2.75) is 11.0 Å². The van der Waals surface area contributed by atoms with E-state index in [2.05, 4.69) is 0 Å². The summed E-state index contributed by atoms with van der Waals surface area (Å²) in [6.45, 7) is 0. The van der Waals surface area contributed by atoms with Crippen LogP contribution in [0.3, 0.4) is 0 Å². The van der Waals surface area contributed by atoms with Gasteiger partial charge < -0.3 is 16.6 Å². The second-order valence-electron chi connectivity index (χ2n) is 2.78. The predicted octanol–water partition coefficient (Wildman–Crippen LogP) is -1.70. The Kier molecular flexibility index (Phi) is 2.20. The molecule has 74 valence electrons. The van der Waals surface area contributed by atoms with Crippen LogP contribution >= 0.6 is 0 Å². The van der Waals surface area contributed by atoms with Gasteiger partial charge in [-0.05, 0) is 12.2 Å². The van der Waals surface area contributed by atoms with Crippen molar-refractivity contribution in [3.8, 4) is 0 Å². The van der Waals surface area contributed by atoms with Crippen LogP contribution in [0.2, 0.25) is 0 Å². The second kappa shape index (κ2) is 2.81. The summed E-state index contributed by atoms with van der Waals surface area (Å²) in [4.78, 5) is -2.03. The van der Waals surface area contributed by atoms with E-state index in [0.717, 1.165) is 18.2 Å². The molecule has 2 unspecified atom stereocenters. The van der Waals surface area contributed by atoms with Crippen LogP contribution in [0.15, 0.2) is 23.9 Å². The summed E-state index contributed by atoms with van der Waals surface area (Å²) in [5.41, 5.74) is 10.4. The molecule has 0 radical (unpaired) electrons. The molecule has 6 N–H and O–H groups in total. The molecule has 0 aliphatic heterocycles. The Labute approximate surface area is 75.3 Å². The fourth-order valence-corrected chi connectivity index (χ4v) is 1.44. The highest BCUT2D eigenvalue weighted by atomic mass is 32.2. The molecular weight excluding hydrogens is 196 g/mol. The molecule has 0 aromatic carbocycles. The molecule has 1 rings (SSSR count). The number of nitrogens with two attached hydrogens (primary N) is 2. The van der Waals surface area contributed by atoms with Gasteiger partial charge in [-0.3, -0.25) is 4.55 Å². The average molecular weight is 206 g/mol. The maximum atomic E-state index is 10.8. The van der Waals surface area contributed by atoms with Crippen molar-refractivity contribution in [3.05, 3.63) is 23.9 Å². The lowest BCUT2D eigenvalue weighted by Crippen LogP contribution is -2.47.